The molecule has 9 aromatic rings. The highest BCUT2D eigenvalue weighted by Crippen LogP contribution is 2.43. The highest BCUT2D eigenvalue weighted by molar-refractivity contribution is 6.11. The number of aromatic nitrogens is 3. The van der Waals surface area contributed by atoms with Crippen LogP contribution in [0.3, 0.4) is 0 Å². The molecule has 0 atom stereocenters. The zero-order chi connectivity index (χ0) is 34.9. The van der Waals surface area contributed by atoms with Gasteiger partial charge in [-0.25, -0.2) is 15.0 Å². The van der Waals surface area contributed by atoms with Gasteiger partial charge in [0.1, 0.15) is 0 Å². The first-order chi connectivity index (χ1) is 25.7. The fraction of sp³-hybridized carbons (Fsp3) is 0. The molecule has 1 aromatic heterocycles. The molecule has 0 amide bonds. The van der Waals surface area contributed by atoms with Crippen molar-refractivity contribution in [2.45, 2.75) is 0 Å². The van der Waals surface area contributed by atoms with Crippen molar-refractivity contribution in [3.8, 4) is 79.9 Å². The summed E-state index contributed by atoms with van der Waals surface area (Å²) in [5.41, 5.74) is 10.7. The van der Waals surface area contributed by atoms with E-state index in [1.165, 1.54) is 43.8 Å². The van der Waals surface area contributed by atoms with Crippen LogP contribution in [0.4, 0.5) is 0 Å². The summed E-state index contributed by atoms with van der Waals surface area (Å²) in [5, 5.41) is 4.78. The van der Waals surface area contributed by atoms with Crippen LogP contribution in [0, 0.1) is 12.3 Å². The van der Waals surface area contributed by atoms with Crippen molar-refractivity contribution >= 4 is 21.5 Å². The number of benzene rings is 8. The lowest BCUT2D eigenvalue weighted by Crippen LogP contribution is -2.00. The SMILES string of the molecule is C#Cc1ccc(-c2ccc(-c3ccc4ccccc4c3-c3ccc(-c4nc(-c5ccccc5)nc(-c5ccccc5)n4)cc3)c3ccccc23)cc1. The Morgan fingerprint density at radius 1 is 0.327 bits per heavy atom. The zero-order valence-electron chi connectivity index (χ0n) is 28.2. The smallest absolute Gasteiger partial charge is 0.164 e. The van der Waals surface area contributed by atoms with Crippen LogP contribution >= 0.6 is 0 Å². The summed E-state index contributed by atoms with van der Waals surface area (Å²) in [5.74, 6) is 4.66. The number of hydrogen-bond donors (Lipinski definition) is 0. The van der Waals surface area contributed by atoms with Crippen LogP contribution in [-0.4, -0.2) is 15.0 Å². The Labute approximate surface area is 303 Å². The van der Waals surface area contributed by atoms with E-state index in [0.717, 1.165) is 33.4 Å². The normalized spacial score (nSPS) is 11.1. The number of nitrogens with zero attached hydrogens (tertiary/aromatic N) is 3. The predicted molar refractivity (Wildman–Crippen MR) is 215 cm³/mol. The first kappa shape index (κ1) is 30.9. The van der Waals surface area contributed by atoms with Crippen molar-refractivity contribution in [1.82, 2.24) is 15.0 Å². The van der Waals surface area contributed by atoms with Gasteiger partial charge in [0.15, 0.2) is 17.5 Å². The summed E-state index contributed by atoms with van der Waals surface area (Å²) in [6, 6.07) is 63.3. The Morgan fingerprint density at radius 2 is 0.769 bits per heavy atom. The first-order valence-corrected chi connectivity index (χ1v) is 17.3. The standard InChI is InChI=1S/C49H31N3/c1-2-33-21-23-35(24-22-33)40-31-32-44(43-20-12-11-19-42(40)43)45-30-29-34-13-9-10-18-41(34)46(45)36-25-27-39(28-26-36)49-51-47(37-14-5-3-6-15-37)50-48(52-49)38-16-7-4-8-17-38/h1,3-32H. The molecule has 8 aromatic carbocycles. The van der Waals surface area contributed by atoms with Crippen LogP contribution in [0.2, 0.25) is 0 Å². The number of terminal acetylenes is 1. The maximum atomic E-state index is 5.65. The number of hydrogen-bond acceptors (Lipinski definition) is 3. The van der Waals surface area contributed by atoms with Crippen LogP contribution in [0.5, 0.6) is 0 Å². The van der Waals surface area contributed by atoms with Crippen molar-refractivity contribution in [1.29, 1.82) is 0 Å². The molecule has 0 spiro atoms. The molecule has 0 radical (unpaired) electrons. The average Bonchev–Trinajstić information content (AvgIpc) is 3.23. The van der Waals surface area contributed by atoms with Crippen molar-refractivity contribution in [2.75, 3.05) is 0 Å². The Balaban J connectivity index is 1.19. The topological polar surface area (TPSA) is 38.7 Å². The first-order valence-electron chi connectivity index (χ1n) is 17.3. The van der Waals surface area contributed by atoms with E-state index in [-0.39, 0.29) is 0 Å². The minimum Gasteiger partial charge on any atom is -0.208 e. The van der Waals surface area contributed by atoms with Crippen LogP contribution < -0.4 is 0 Å². The van der Waals surface area contributed by atoms with E-state index in [1.807, 2.05) is 72.8 Å². The van der Waals surface area contributed by atoms with Gasteiger partial charge in [-0.05, 0) is 67.1 Å². The van der Waals surface area contributed by atoms with Gasteiger partial charge in [0.05, 0.1) is 0 Å². The third kappa shape index (κ3) is 5.69. The fourth-order valence-electron chi connectivity index (χ4n) is 7.06. The molecule has 242 valence electrons. The third-order valence-corrected chi connectivity index (χ3v) is 9.64. The maximum absolute atomic E-state index is 5.65. The van der Waals surface area contributed by atoms with E-state index in [1.54, 1.807) is 0 Å². The third-order valence-electron chi connectivity index (χ3n) is 9.64. The van der Waals surface area contributed by atoms with Gasteiger partial charge in [-0.3, -0.25) is 0 Å². The van der Waals surface area contributed by atoms with Gasteiger partial charge in [-0.1, -0.05) is 176 Å². The second-order valence-corrected chi connectivity index (χ2v) is 12.8. The van der Waals surface area contributed by atoms with Crippen LogP contribution in [0.1, 0.15) is 5.56 Å². The van der Waals surface area contributed by atoms with Crippen molar-refractivity contribution in [2.24, 2.45) is 0 Å². The summed E-state index contributed by atoms with van der Waals surface area (Å²) >= 11 is 0. The van der Waals surface area contributed by atoms with E-state index in [9.17, 15) is 0 Å². The molecule has 0 saturated heterocycles. The minimum absolute atomic E-state index is 0.634. The van der Waals surface area contributed by atoms with Gasteiger partial charge in [0.2, 0.25) is 0 Å². The van der Waals surface area contributed by atoms with E-state index in [0.29, 0.717) is 17.5 Å². The van der Waals surface area contributed by atoms with Crippen molar-refractivity contribution < 1.29 is 0 Å². The second kappa shape index (κ2) is 13.3. The second-order valence-electron chi connectivity index (χ2n) is 12.8. The Hall–Kier alpha value is -7.15. The lowest BCUT2D eigenvalue weighted by atomic mass is 9.86. The molecule has 3 nitrogen and oxygen atoms in total. The Bertz CT molecular complexity index is 2710. The molecular weight excluding hydrogens is 631 g/mol. The van der Waals surface area contributed by atoms with Gasteiger partial charge in [-0.2, -0.15) is 0 Å². The van der Waals surface area contributed by atoms with E-state index in [2.05, 4.69) is 115 Å². The average molecular weight is 662 g/mol. The molecule has 0 aliphatic rings. The van der Waals surface area contributed by atoms with E-state index < -0.39 is 0 Å². The molecule has 0 N–H and O–H groups in total. The molecule has 3 heteroatoms. The van der Waals surface area contributed by atoms with E-state index >= 15 is 0 Å². The lowest BCUT2D eigenvalue weighted by molar-refractivity contribution is 1.07. The van der Waals surface area contributed by atoms with Gasteiger partial charge in [0, 0.05) is 22.3 Å². The van der Waals surface area contributed by atoms with Crippen molar-refractivity contribution in [3.05, 3.63) is 188 Å². The molecule has 0 aliphatic carbocycles. The summed E-state index contributed by atoms with van der Waals surface area (Å²) in [6.07, 6.45) is 5.65. The molecule has 0 unspecified atom stereocenters. The zero-order valence-corrected chi connectivity index (χ0v) is 28.2. The maximum Gasteiger partial charge on any atom is 0.164 e. The number of rotatable bonds is 6. The molecule has 0 bridgehead atoms. The highest BCUT2D eigenvalue weighted by Gasteiger charge is 2.17. The molecule has 0 fully saturated rings. The quantitative estimate of drug-likeness (QED) is 0.166. The fourth-order valence-corrected chi connectivity index (χ4v) is 7.06. The predicted octanol–water partition coefficient (Wildman–Crippen LogP) is 12.2. The van der Waals surface area contributed by atoms with Crippen LogP contribution in [-0.2, 0) is 0 Å². The molecule has 52 heavy (non-hydrogen) atoms. The van der Waals surface area contributed by atoms with Crippen molar-refractivity contribution in [3.63, 3.8) is 0 Å². The molecule has 9 rings (SSSR count). The van der Waals surface area contributed by atoms with Gasteiger partial charge in [0.25, 0.3) is 0 Å². The molecule has 0 saturated carbocycles. The van der Waals surface area contributed by atoms with Crippen LogP contribution in [0.15, 0.2) is 182 Å². The van der Waals surface area contributed by atoms with Gasteiger partial charge >= 0.3 is 0 Å². The Morgan fingerprint density at radius 3 is 1.37 bits per heavy atom. The van der Waals surface area contributed by atoms with Crippen LogP contribution in [0.25, 0.3) is 89.1 Å². The van der Waals surface area contributed by atoms with Gasteiger partial charge in [-0.15, -0.1) is 6.42 Å². The minimum atomic E-state index is 0.634. The summed E-state index contributed by atoms with van der Waals surface area (Å²) < 4.78 is 0. The van der Waals surface area contributed by atoms with E-state index in [4.69, 9.17) is 21.4 Å². The lowest BCUT2D eigenvalue weighted by Gasteiger charge is -2.18. The molecule has 1 heterocycles. The van der Waals surface area contributed by atoms with Gasteiger partial charge < -0.3 is 0 Å². The summed E-state index contributed by atoms with van der Waals surface area (Å²) in [6.45, 7) is 0. The molecular formula is C49H31N3. The summed E-state index contributed by atoms with van der Waals surface area (Å²) in [4.78, 5) is 14.8. The monoisotopic (exact) mass is 661 g/mol. The number of fused-ring (bicyclic) bond motifs is 2. The highest BCUT2D eigenvalue weighted by atomic mass is 15.0. The largest absolute Gasteiger partial charge is 0.208 e. The summed E-state index contributed by atoms with van der Waals surface area (Å²) in [7, 11) is 0. The Kier molecular flexibility index (Phi) is 7.89. The molecule has 0 aliphatic heterocycles.